The molecule has 0 aliphatic rings. The molecule has 0 aliphatic heterocycles. The summed E-state index contributed by atoms with van der Waals surface area (Å²) >= 11 is 0. The van der Waals surface area contributed by atoms with E-state index >= 15 is 0 Å². The van der Waals surface area contributed by atoms with Crippen molar-refractivity contribution in [2.75, 3.05) is 0 Å². The van der Waals surface area contributed by atoms with Crippen LogP contribution in [0.3, 0.4) is 0 Å². The van der Waals surface area contributed by atoms with Crippen molar-refractivity contribution in [2.24, 2.45) is 0 Å². The first-order valence-corrected chi connectivity index (χ1v) is 5.73. The SMILES string of the molecule is CC/C=C/C=C\CCCCCCC. The summed E-state index contributed by atoms with van der Waals surface area (Å²) in [6.07, 6.45) is 18.1. The lowest BCUT2D eigenvalue weighted by Crippen LogP contribution is -1.75. The van der Waals surface area contributed by atoms with Gasteiger partial charge >= 0.3 is 0 Å². The van der Waals surface area contributed by atoms with Gasteiger partial charge in [-0.3, -0.25) is 0 Å². The molecule has 0 saturated carbocycles. The molecule has 0 aromatic heterocycles. The molecule has 0 aromatic carbocycles. The number of hydrogen-bond acceptors (Lipinski definition) is 0. The molecule has 0 aromatic rings. The number of rotatable bonds is 8. The van der Waals surface area contributed by atoms with E-state index in [4.69, 9.17) is 0 Å². The summed E-state index contributed by atoms with van der Waals surface area (Å²) in [5, 5.41) is 0. The van der Waals surface area contributed by atoms with Gasteiger partial charge in [-0.2, -0.15) is 0 Å². The zero-order valence-electron chi connectivity index (χ0n) is 9.26. The maximum Gasteiger partial charge on any atom is -0.0348 e. The first-order chi connectivity index (χ1) is 6.41. The van der Waals surface area contributed by atoms with Crippen LogP contribution in [-0.2, 0) is 0 Å². The lowest BCUT2D eigenvalue weighted by molar-refractivity contribution is 0.637. The van der Waals surface area contributed by atoms with Crippen molar-refractivity contribution in [1.82, 2.24) is 0 Å². The smallest absolute Gasteiger partial charge is 0.0348 e. The highest BCUT2D eigenvalue weighted by Crippen LogP contribution is 2.05. The van der Waals surface area contributed by atoms with Crippen molar-refractivity contribution >= 4 is 0 Å². The third-order valence-electron chi connectivity index (χ3n) is 2.09. The van der Waals surface area contributed by atoms with E-state index in [0.717, 1.165) is 6.42 Å². The highest BCUT2D eigenvalue weighted by Gasteiger charge is 1.85. The van der Waals surface area contributed by atoms with Crippen LogP contribution in [0.5, 0.6) is 0 Å². The van der Waals surface area contributed by atoms with E-state index in [-0.39, 0.29) is 0 Å². The molecule has 76 valence electrons. The fraction of sp³-hybridized carbons (Fsp3) is 0.692. The molecule has 0 radical (unpaired) electrons. The lowest BCUT2D eigenvalue weighted by atomic mass is 10.1. The molecule has 0 fully saturated rings. The number of unbranched alkanes of at least 4 members (excludes halogenated alkanes) is 5. The molecule has 0 atom stereocenters. The van der Waals surface area contributed by atoms with E-state index in [2.05, 4.69) is 38.2 Å². The van der Waals surface area contributed by atoms with Gasteiger partial charge in [0, 0.05) is 0 Å². The monoisotopic (exact) mass is 180 g/mol. The van der Waals surface area contributed by atoms with E-state index in [1.807, 2.05) is 0 Å². The van der Waals surface area contributed by atoms with Crippen LogP contribution >= 0.6 is 0 Å². The number of allylic oxidation sites excluding steroid dienone is 4. The van der Waals surface area contributed by atoms with Crippen molar-refractivity contribution in [3.8, 4) is 0 Å². The van der Waals surface area contributed by atoms with Crippen molar-refractivity contribution in [1.29, 1.82) is 0 Å². The van der Waals surface area contributed by atoms with Gasteiger partial charge in [-0.1, -0.05) is 63.8 Å². The van der Waals surface area contributed by atoms with Gasteiger partial charge < -0.3 is 0 Å². The summed E-state index contributed by atoms with van der Waals surface area (Å²) < 4.78 is 0. The predicted molar refractivity (Wildman–Crippen MR) is 61.9 cm³/mol. The molecule has 0 aliphatic carbocycles. The molecule has 0 rings (SSSR count). The van der Waals surface area contributed by atoms with Crippen LogP contribution in [0.25, 0.3) is 0 Å². The molecule has 0 unspecified atom stereocenters. The standard InChI is InChI=1S/C13H24/c1-3-5-7-9-11-13-12-10-8-6-4-2/h5,7,9,11H,3-4,6,8,10,12-13H2,1-2H3/b7-5+,11-9-. The number of hydrogen-bond donors (Lipinski definition) is 0. The minimum absolute atomic E-state index is 1.14. The fourth-order valence-electron chi connectivity index (χ4n) is 1.26. The van der Waals surface area contributed by atoms with Crippen molar-refractivity contribution < 1.29 is 0 Å². The van der Waals surface area contributed by atoms with Crippen LogP contribution in [0.1, 0.15) is 58.8 Å². The molecule has 0 bridgehead atoms. The summed E-state index contributed by atoms with van der Waals surface area (Å²) in [6, 6.07) is 0. The minimum atomic E-state index is 1.14. The Morgan fingerprint density at radius 1 is 0.769 bits per heavy atom. The van der Waals surface area contributed by atoms with Gasteiger partial charge in [0.1, 0.15) is 0 Å². The molecular weight excluding hydrogens is 156 g/mol. The minimum Gasteiger partial charge on any atom is -0.0848 e. The summed E-state index contributed by atoms with van der Waals surface area (Å²) in [6.45, 7) is 4.42. The van der Waals surface area contributed by atoms with Gasteiger partial charge in [0.15, 0.2) is 0 Å². The topological polar surface area (TPSA) is 0 Å². The lowest BCUT2D eigenvalue weighted by Gasteiger charge is -1.95. The summed E-state index contributed by atoms with van der Waals surface area (Å²) in [5.41, 5.74) is 0. The Labute approximate surface area is 83.7 Å². The molecule has 0 saturated heterocycles. The van der Waals surface area contributed by atoms with Gasteiger partial charge in [-0.25, -0.2) is 0 Å². The average Bonchev–Trinajstić information content (AvgIpc) is 2.16. The predicted octanol–water partition coefficient (Wildman–Crippen LogP) is 4.87. The van der Waals surface area contributed by atoms with Crippen LogP contribution < -0.4 is 0 Å². The Hall–Kier alpha value is -0.520. The van der Waals surface area contributed by atoms with Crippen LogP contribution in [-0.4, -0.2) is 0 Å². The van der Waals surface area contributed by atoms with Crippen LogP contribution in [0.2, 0.25) is 0 Å². The first kappa shape index (κ1) is 12.5. The highest BCUT2D eigenvalue weighted by molar-refractivity contribution is 5.01. The van der Waals surface area contributed by atoms with Crippen molar-refractivity contribution in [3.63, 3.8) is 0 Å². The Balaban J connectivity index is 3.06. The molecule has 0 amide bonds. The second-order valence-corrected chi connectivity index (χ2v) is 3.47. The Kier molecular flexibility index (Phi) is 11.0. The van der Waals surface area contributed by atoms with Crippen LogP contribution in [0.15, 0.2) is 24.3 Å². The van der Waals surface area contributed by atoms with Gasteiger partial charge in [0.05, 0.1) is 0 Å². The second kappa shape index (κ2) is 11.5. The molecular formula is C13H24. The van der Waals surface area contributed by atoms with Gasteiger partial charge in [-0.05, 0) is 19.3 Å². The molecule has 0 heterocycles. The molecule has 0 spiro atoms. The molecule has 13 heavy (non-hydrogen) atoms. The zero-order chi connectivity index (χ0) is 9.78. The van der Waals surface area contributed by atoms with Crippen LogP contribution in [0, 0.1) is 0 Å². The van der Waals surface area contributed by atoms with E-state index in [9.17, 15) is 0 Å². The summed E-state index contributed by atoms with van der Waals surface area (Å²) in [7, 11) is 0. The molecule has 0 heteroatoms. The van der Waals surface area contributed by atoms with Crippen LogP contribution in [0.4, 0.5) is 0 Å². The summed E-state index contributed by atoms with van der Waals surface area (Å²) in [4.78, 5) is 0. The first-order valence-electron chi connectivity index (χ1n) is 5.73. The van der Waals surface area contributed by atoms with Gasteiger partial charge in [-0.15, -0.1) is 0 Å². The fourth-order valence-corrected chi connectivity index (χ4v) is 1.26. The Morgan fingerprint density at radius 2 is 1.46 bits per heavy atom. The normalized spacial score (nSPS) is 11.8. The quantitative estimate of drug-likeness (QED) is 0.369. The maximum absolute atomic E-state index is 2.28. The largest absolute Gasteiger partial charge is 0.0848 e. The van der Waals surface area contributed by atoms with Crippen molar-refractivity contribution in [2.45, 2.75) is 58.8 Å². The molecule has 0 N–H and O–H groups in total. The second-order valence-electron chi connectivity index (χ2n) is 3.47. The van der Waals surface area contributed by atoms with Gasteiger partial charge in [0.2, 0.25) is 0 Å². The highest BCUT2D eigenvalue weighted by atomic mass is 13.9. The van der Waals surface area contributed by atoms with E-state index < -0.39 is 0 Å². The third-order valence-corrected chi connectivity index (χ3v) is 2.09. The van der Waals surface area contributed by atoms with Crippen molar-refractivity contribution in [3.05, 3.63) is 24.3 Å². The van der Waals surface area contributed by atoms with E-state index in [1.165, 1.54) is 38.5 Å². The Bertz CT molecular complexity index is 131. The third kappa shape index (κ3) is 11.5. The van der Waals surface area contributed by atoms with E-state index in [0.29, 0.717) is 0 Å². The Morgan fingerprint density at radius 3 is 2.15 bits per heavy atom. The molecule has 0 nitrogen and oxygen atoms in total. The maximum atomic E-state index is 2.28. The average molecular weight is 180 g/mol. The summed E-state index contributed by atoms with van der Waals surface area (Å²) in [5.74, 6) is 0. The zero-order valence-corrected chi connectivity index (χ0v) is 9.26. The van der Waals surface area contributed by atoms with Gasteiger partial charge in [0.25, 0.3) is 0 Å². The van der Waals surface area contributed by atoms with E-state index in [1.54, 1.807) is 0 Å².